The van der Waals surface area contributed by atoms with E-state index < -0.39 is 0 Å². The summed E-state index contributed by atoms with van der Waals surface area (Å²) in [4.78, 5) is 18.4. The van der Waals surface area contributed by atoms with Crippen LogP contribution in [-0.2, 0) is 0 Å². The SMILES string of the molecule is CCNc1cc(C(=O)N(C)C(C)CCSC)cc(Cl)n1. The molecule has 0 fully saturated rings. The number of halogens is 1. The van der Waals surface area contributed by atoms with Gasteiger partial charge in [0.2, 0.25) is 0 Å². The Morgan fingerprint density at radius 1 is 1.55 bits per heavy atom. The first-order valence-corrected chi connectivity index (χ1v) is 8.44. The van der Waals surface area contributed by atoms with Crippen LogP contribution in [0, 0.1) is 0 Å². The lowest BCUT2D eigenvalue weighted by molar-refractivity contribution is 0.0741. The molecule has 1 unspecified atom stereocenters. The summed E-state index contributed by atoms with van der Waals surface area (Å²) in [5.41, 5.74) is 0.569. The molecule has 0 saturated heterocycles. The van der Waals surface area contributed by atoms with Crippen molar-refractivity contribution >= 4 is 35.1 Å². The lowest BCUT2D eigenvalue weighted by Gasteiger charge is -2.25. The van der Waals surface area contributed by atoms with E-state index in [4.69, 9.17) is 11.6 Å². The first-order chi connectivity index (χ1) is 9.49. The Balaban J connectivity index is 2.85. The molecule has 20 heavy (non-hydrogen) atoms. The Morgan fingerprint density at radius 3 is 2.85 bits per heavy atom. The molecule has 0 aromatic carbocycles. The third kappa shape index (κ3) is 4.87. The maximum Gasteiger partial charge on any atom is 0.254 e. The van der Waals surface area contributed by atoms with Crippen LogP contribution in [0.2, 0.25) is 5.15 Å². The van der Waals surface area contributed by atoms with Crippen molar-refractivity contribution in [2.45, 2.75) is 26.3 Å². The summed E-state index contributed by atoms with van der Waals surface area (Å²) in [5, 5.41) is 3.41. The van der Waals surface area contributed by atoms with Gasteiger partial charge in [0.1, 0.15) is 11.0 Å². The van der Waals surface area contributed by atoms with Crippen LogP contribution in [0.1, 0.15) is 30.6 Å². The highest BCUT2D eigenvalue weighted by molar-refractivity contribution is 7.98. The highest BCUT2D eigenvalue weighted by Gasteiger charge is 2.18. The normalized spacial score (nSPS) is 12.1. The Bertz CT molecular complexity index is 456. The van der Waals surface area contributed by atoms with Crippen LogP contribution >= 0.6 is 23.4 Å². The molecule has 6 heteroatoms. The zero-order valence-electron chi connectivity index (χ0n) is 12.4. The quantitative estimate of drug-likeness (QED) is 0.783. The average Bonchev–Trinajstić information content (AvgIpc) is 2.42. The van der Waals surface area contributed by atoms with Crippen molar-refractivity contribution < 1.29 is 4.79 Å². The van der Waals surface area contributed by atoms with Crippen molar-refractivity contribution in [1.82, 2.24) is 9.88 Å². The average molecular weight is 316 g/mol. The highest BCUT2D eigenvalue weighted by Crippen LogP contribution is 2.17. The number of carbonyl (C=O) groups excluding carboxylic acids is 1. The molecule has 0 saturated carbocycles. The number of anilines is 1. The van der Waals surface area contributed by atoms with Gasteiger partial charge in [0, 0.05) is 25.2 Å². The van der Waals surface area contributed by atoms with E-state index in [2.05, 4.69) is 23.5 Å². The third-order valence-corrected chi connectivity index (χ3v) is 3.96. The first-order valence-electron chi connectivity index (χ1n) is 6.67. The molecule has 1 heterocycles. The predicted octanol–water partition coefficient (Wildman–Crippen LogP) is 3.38. The second-order valence-corrected chi connectivity index (χ2v) is 6.01. The van der Waals surface area contributed by atoms with Gasteiger partial charge in [-0.05, 0) is 44.4 Å². The number of amides is 1. The van der Waals surface area contributed by atoms with E-state index in [1.54, 1.807) is 28.8 Å². The Hall–Kier alpha value is -0.940. The van der Waals surface area contributed by atoms with E-state index in [9.17, 15) is 4.79 Å². The molecule has 0 spiro atoms. The molecule has 1 N–H and O–H groups in total. The van der Waals surface area contributed by atoms with Crippen LogP contribution in [0.15, 0.2) is 12.1 Å². The number of nitrogens with one attached hydrogen (secondary N) is 1. The minimum Gasteiger partial charge on any atom is -0.370 e. The standard InChI is InChI=1S/C14H22ClN3OS/c1-5-16-13-9-11(8-12(15)17-13)14(19)18(3)10(2)6-7-20-4/h8-10H,5-7H2,1-4H3,(H,16,17). The molecule has 0 aliphatic carbocycles. The molecule has 0 aliphatic heterocycles. The van der Waals surface area contributed by atoms with Gasteiger partial charge in [0.25, 0.3) is 5.91 Å². The fourth-order valence-electron chi connectivity index (χ4n) is 1.78. The number of hydrogen-bond donors (Lipinski definition) is 1. The van der Waals surface area contributed by atoms with Crippen LogP contribution in [0.3, 0.4) is 0 Å². The van der Waals surface area contributed by atoms with Crippen molar-refractivity contribution in [3.05, 3.63) is 22.8 Å². The summed E-state index contributed by atoms with van der Waals surface area (Å²) in [6, 6.07) is 3.56. The van der Waals surface area contributed by atoms with Crippen LogP contribution in [0.25, 0.3) is 0 Å². The van der Waals surface area contributed by atoms with E-state index in [-0.39, 0.29) is 11.9 Å². The van der Waals surface area contributed by atoms with Crippen molar-refractivity contribution in [3.8, 4) is 0 Å². The van der Waals surface area contributed by atoms with Crippen LogP contribution in [-0.4, -0.2) is 47.4 Å². The first kappa shape index (κ1) is 17.1. The van der Waals surface area contributed by atoms with Gasteiger partial charge < -0.3 is 10.2 Å². The van der Waals surface area contributed by atoms with Crippen molar-refractivity contribution in [2.75, 3.05) is 30.9 Å². The van der Waals surface area contributed by atoms with Crippen molar-refractivity contribution in [2.24, 2.45) is 0 Å². The number of aromatic nitrogens is 1. The molecule has 0 aliphatic rings. The van der Waals surface area contributed by atoms with Gasteiger partial charge in [-0.3, -0.25) is 4.79 Å². The summed E-state index contributed by atoms with van der Waals surface area (Å²) in [5.74, 6) is 1.65. The molecule has 1 rings (SSSR count). The summed E-state index contributed by atoms with van der Waals surface area (Å²) >= 11 is 7.76. The Morgan fingerprint density at radius 2 is 2.25 bits per heavy atom. The van der Waals surface area contributed by atoms with Crippen molar-refractivity contribution in [3.63, 3.8) is 0 Å². The predicted molar refractivity (Wildman–Crippen MR) is 88.0 cm³/mol. The Labute approximate surface area is 130 Å². The topological polar surface area (TPSA) is 45.2 Å². The van der Waals surface area contributed by atoms with Crippen LogP contribution in [0.5, 0.6) is 0 Å². The van der Waals surface area contributed by atoms with E-state index in [0.29, 0.717) is 16.5 Å². The molecular weight excluding hydrogens is 294 g/mol. The van der Waals surface area contributed by atoms with Gasteiger partial charge in [-0.2, -0.15) is 11.8 Å². The summed E-state index contributed by atoms with van der Waals surface area (Å²) < 4.78 is 0. The van der Waals surface area contributed by atoms with Crippen LogP contribution < -0.4 is 5.32 Å². The molecule has 0 bridgehead atoms. The van der Waals surface area contributed by atoms with Crippen LogP contribution in [0.4, 0.5) is 5.82 Å². The monoisotopic (exact) mass is 315 g/mol. The van der Waals surface area contributed by atoms with E-state index in [0.717, 1.165) is 18.7 Å². The smallest absolute Gasteiger partial charge is 0.254 e. The molecule has 1 aromatic rings. The lowest BCUT2D eigenvalue weighted by Crippen LogP contribution is -2.35. The lowest BCUT2D eigenvalue weighted by atomic mass is 10.1. The zero-order valence-corrected chi connectivity index (χ0v) is 14.0. The van der Waals surface area contributed by atoms with Gasteiger partial charge in [0.05, 0.1) is 0 Å². The number of thioether (sulfide) groups is 1. The second-order valence-electron chi connectivity index (χ2n) is 4.64. The Kier molecular flexibility index (Phi) is 7.16. The van der Waals surface area contributed by atoms with Gasteiger partial charge >= 0.3 is 0 Å². The maximum atomic E-state index is 12.5. The van der Waals surface area contributed by atoms with Gasteiger partial charge in [-0.15, -0.1) is 0 Å². The molecule has 1 aromatic heterocycles. The van der Waals surface area contributed by atoms with E-state index >= 15 is 0 Å². The minimum atomic E-state index is -0.0259. The minimum absolute atomic E-state index is 0.0259. The zero-order chi connectivity index (χ0) is 15.1. The summed E-state index contributed by atoms with van der Waals surface area (Å²) in [6.45, 7) is 4.77. The molecule has 112 valence electrons. The fourth-order valence-corrected chi connectivity index (χ4v) is 2.56. The van der Waals surface area contributed by atoms with E-state index in [1.165, 1.54) is 0 Å². The summed E-state index contributed by atoms with van der Waals surface area (Å²) in [6.07, 6.45) is 3.04. The number of pyridine rings is 1. The molecule has 4 nitrogen and oxygen atoms in total. The number of nitrogens with zero attached hydrogens (tertiary/aromatic N) is 2. The summed E-state index contributed by atoms with van der Waals surface area (Å²) in [7, 11) is 1.83. The maximum absolute atomic E-state index is 12.5. The number of hydrogen-bond acceptors (Lipinski definition) is 4. The highest BCUT2D eigenvalue weighted by atomic mass is 35.5. The molecule has 1 amide bonds. The fraction of sp³-hybridized carbons (Fsp3) is 0.571. The van der Waals surface area contributed by atoms with Gasteiger partial charge in [-0.25, -0.2) is 4.98 Å². The number of carbonyl (C=O) groups is 1. The van der Waals surface area contributed by atoms with Crippen molar-refractivity contribution in [1.29, 1.82) is 0 Å². The van der Waals surface area contributed by atoms with E-state index in [1.807, 2.05) is 14.0 Å². The third-order valence-electron chi connectivity index (χ3n) is 3.12. The van der Waals surface area contributed by atoms with Gasteiger partial charge in [0.15, 0.2) is 0 Å². The number of rotatable bonds is 7. The second kappa shape index (κ2) is 8.37. The molecule has 1 atom stereocenters. The molecular formula is C14H22ClN3OS. The largest absolute Gasteiger partial charge is 0.370 e. The molecule has 0 radical (unpaired) electrons. The van der Waals surface area contributed by atoms with Gasteiger partial charge in [-0.1, -0.05) is 11.6 Å².